The predicted octanol–water partition coefficient (Wildman–Crippen LogP) is 1.74. The van der Waals surface area contributed by atoms with Crippen LogP contribution in [0.25, 0.3) is 0 Å². The van der Waals surface area contributed by atoms with Crippen molar-refractivity contribution in [3.63, 3.8) is 0 Å². The van der Waals surface area contributed by atoms with Gasteiger partial charge in [-0.1, -0.05) is 39.5 Å². The molecule has 0 unspecified atom stereocenters. The van der Waals surface area contributed by atoms with Crippen LogP contribution in [0, 0.1) is 0 Å². The fourth-order valence-corrected chi connectivity index (χ4v) is 1.78. The Morgan fingerprint density at radius 3 is 1.60 bits per heavy atom. The fourth-order valence-electron chi connectivity index (χ4n) is 1.78. The number of aliphatic hydroxyl groups is 1. The van der Waals surface area contributed by atoms with Crippen molar-refractivity contribution in [3.05, 3.63) is 0 Å². The van der Waals surface area contributed by atoms with Gasteiger partial charge >= 0.3 is 0 Å². The van der Waals surface area contributed by atoms with Gasteiger partial charge in [-0.2, -0.15) is 0 Å². The first kappa shape index (κ1) is 18.9. The summed E-state index contributed by atoms with van der Waals surface area (Å²) < 4.78 is 0. The van der Waals surface area contributed by atoms with Crippen LogP contribution in [0.15, 0.2) is 0 Å². The maximum Gasteiger partial charge on any atom is 0.220 e. The molecule has 0 atom stereocenters. The Morgan fingerprint density at radius 2 is 1.25 bits per heavy atom. The van der Waals surface area contributed by atoms with Crippen LogP contribution in [0.5, 0.6) is 0 Å². The van der Waals surface area contributed by atoms with Gasteiger partial charge in [0.15, 0.2) is 0 Å². The average Bonchev–Trinajstić information content (AvgIpc) is 2.43. The molecule has 0 rings (SSSR count). The van der Waals surface area contributed by atoms with Crippen LogP contribution in [0.4, 0.5) is 0 Å². The summed E-state index contributed by atoms with van der Waals surface area (Å²) in [5, 5.41) is 15.0. The maximum absolute atomic E-state index is 11.4. The lowest BCUT2D eigenvalue weighted by Gasteiger charge is -2.13. The highest BCUT2D eigenvalue weighted by molar-refractivity contribution is 5.76. The number of carbonyl (C=O) groups is 2. The van der Waals surface area contributed by atoms with Crippen molar-refractivity contribution in [2.45, 2.75) is 71.3 Å². The summed E-state index contributed by atoms with van der Waals surface area (Å²) in [6.07, 6.45) is 6.31. The van der Waals surface area contributed by atoms with E-state index in [1.807, 2.05) is 0 Å². The highest BCUT2D eigenvalue weighted by Gasteiger charge is 2.08. The molecule has 0 aromatic heterocycles. The fraction of sp³-hybridized carbons (Fsp3) is 0.867. The topological polar surface area (TPSA) is 78.4 Å². The standard InChI is InChI=1S/C15H30N2O3/c1-3-5-7-9-14(19)16-11-13(18)12-17-15(20)10-8-6-4-2/h13,18H,3-12H2,1-2H3,(H,16,19)(H,17,20). The molecule has 5 heteroatoms. The van der Waals surface area contributed by atoms with Crippen LogP contribution < -0.4 is 10.6 Å². The van der Waals surface area contributed by atoms with E-state index in [1.165, 1.54) is 0 Å². The molecule has 0 radical (unpaired) electrons. The summed E-state index contributed by atoms with van der Waals surface area (Å²) in [7, 11) is 0. The summed E-state index contributed by atoms with van der Waals surface area (Å²) in [4.78, 5) is 22.9. The third-order valence-corrected chi connectivity index (χ3v) is 3.08. The maximum atomic E-state index is 11.4. The number of unbranched alkanes of at least 4 members (excludes halogenated alkanes) is 4. The van der Waals surface area contributed by atoms with Crippen LogP contribution in [-0.4, -0.2) is 36.1 Å². The Kier molecular flexibility index (Phi) is 12.2. The molecule has 0 heterocycles. The molecule has 5 nitrogen and oxygen atoms in total. The lowest BCUT2D eigenvalue weighted by atomic mass is 10.2. The van der Waals surface area contributed by atoms with Gasteiger partial charge in [0.05, 0.1) is 6.10 Å². The van der Waals surface area contributed by atoms with Gasteiger partial charge in [-0.3, -0.25) is 9.59 Å². The van der Waals surface area contributed by atoms with E-state index in [0.29, 0.717) is 12.8 Å². The van der Waals surface area contributed by atoms with Crippen molar-refractivity contribution in [2.24, 2.45) is 0 Å². The Bertz CT molecular complexity index is 244. The van der Waals surface area contributed by atoms with Gasteiger partial charge in [-0.05, 0) is 12.8 Å². The van der Waals surface area contributed by atoms with E-state index in [2.05, 4.69) is 24.5 Å². The van der Waals surface area contributed by atoms with Gasteiger partial charge in [-0.25, -0.2) is 0 Å². The summed E-state index contributed by atoms with van der Waals surface area (Å²) in [5.41, 5.74) is 0. The van der Waals surface area contributed by atoms with Crippen LogP contribution in [-0.2, 0) is 9.59 Å². The second-order valence-corrected chi connectivity index (χ2v) is 5.18. The molecule has 0 aliphatic rings. The Balaban J connectivity index is 3.55. The normalized spacial score (nSPS) is 10.6. The number of carbonyl (C=O) groups excluding carboxylic acids is 2. The zero-order valence-electron chi connectivity index (χ0n) is 12.9. The number of amides is 2. The van der Waals surface area contributed by atoms with Gasteiger partial charge in [0.2, 0.25) is 11.8 Å². The monoisotopic (exact) mass is 286 g/mol. The van der Waals surface area contributed by atoms with Gasteiger partial charge in [0.1, 0.15) is 0 Å². The average molecular weight is 286 g/mol. The highest BCUT2D eigenvalue weighted by Crippen LogP contribution is 1.99. The van der Waals surface area contributed by atoms with Crippen molar-refractivity contribution >= 4 is 11.8 Å². The van der Waals surface area contributed by atoms with E-state index >= 15 is 0 Å². The van der Waals surface area contributed by atoms with E-state index in [1.54, 1.807) is 0 Å². The lowest BCUT2D eigenvalue weighted by Crippen LogP contribution is -2.39. The zero-order valence-corrected chi connectivity index (χ0v) is 12.9. The van der Waals surface area contributed by atoms with E-state index in [0.717, 1.165) is 38.5 Å². The number of hydrogen-bond acceptors (Lipinski definition) is 3. The van der Waals surface area contributed by atoms with Crippen molar-refractivity contribution in [1.29, 1.82) is 0 Å². The first-order chi connectivity index (χ1) is 9.60. The molecule has 0 fully saturated rings. The molecule has 0 aliphatic heterocycles. The predicted molar refractivity (Wildman–Crippen MR) is 80.3 cm³/mol. The number of nitrogens with one attached hydrogen (secondary N) is 2. The Morgan fingerprint density at radius 1 is 0.850 bits per heavy atom. The van der Waals surface area contributed by atoms with Crippen molar-refractivity contribution in [1.82, 2.24) is 10.6 Å². The van der Waals surface area contributed by atoms with Crippen molar-refractivity contribution in [3.8, 4) is 0 Å². The molecule has 0 spiro atoms. The number of rotatable bonds is 12. The summed E-state index contributed by atoms with van der Waals surface area (Å²) in [6.45, 7) is 4.57. The molecule has 118 valence electrons. The third-order valence-electron chi connectivity index (χ3n) is 3.08. The second kappa shape index (κ2) is 12.9. The first-order valence-corrected chi connectivity index (χ1v) is 7.81. The summed E-state index contributed by atoms with van der Waals surface area (Å²) >= 11 is 0. The van der Waals surface area contributed by atoms with E-state index < -0.39 is 6.10 Å². The third kappa shape index (κ3) is 12.0. The van der Waals surface area contributed by atoms with Crippen LogP contribution in [0.2, 0.25) is 0 Å². The molecule has 0 bridgehead atoms. The molecule has 3 N–H and O–H groups in total. The summed E-state index contributed by atoms with van der Waals surface area (Å²) in [5.74, 6) is -0.0708. The smallest absolute Gasteiger partial charge is 0.220 e. The zero-order chi connectivity index (χ0) is 15.2. The molecule has 0 aromatic carbocycles. The number of aliphatic hydroxyl groups excluding tert-OH is 1. The molecule has 0 aliphatic carbocycles. The molecule has 0 saturated heterocycles. The lowest BCUT2D eigenvalue weighted by molar-refractivity contribution is -0.121. The summed E-state index contributed by atoms with van der Waals surface area (Å²) in [6, 6.07) is 0. The highest BCUT2D eigenvalue weighted by atomic mass is 16.3. The van der Waals surface area contributed by atoms with Crippen LogP contribution >= 0.6 is 0 Å². The van der Waals surface area contributed by atoms with E-state index in [9.17, 15) is 14.7 Å². The SMILES string of the molecule is CCCCCC(=O)NCC(O)CNC(=O)CCCCC. The quantitative estimate of drug-likeness (QED) is 0.478. The Labute approximate surface area is 122 Å². The Hall–Kier alpha value is -1.10. The molecular weight excluding hydrogens is 256 g/mol. The molecule has 20 heavy (non-hydrogen) atoms. The molecule has 0 saturated carbocycles. The van der Waals surface area contributed by atoms with E-state index in [4.69, 9.17) is 0 Å². The van der Waals surface area contributed by atoms with Gasteiger partial charge in [0, 0.05) is 25.9 Å². The molecule has 2 amide bonds. The minimum Gasteiger partial charge on any atom is -0.389 e. The van der Waals surface area contributed by atoms with Crippen molar-refractivity contribution < 1.29 is 14.7 Å². The van der Waals surface area contributed by atoms with Gasteiger partial charge in [-0.15, -0.1) is 0 Å². The minimum absolute atomic E-state index is 0.0354. The number of hydrogen-bond donors (Lipinski definition) is 3. The van der Waals surface area contributed by atoms with Gasteiger partial charge in [0.25, 0.3) is 0 Å². The molecular formula is C15H30N2O3. The van der Waals surface area contributed by atoms with Crippen LogP contribution in [0.1, 0.15) is 65.2 Å². The van der Waals surface area contributed by atoms with Crippen LogP contribution in [0.3, 0.4) is 0 Å². The largest absolute Gasteiger partial charge is 0.389 e. The molecule has 0 aromatic rings. The van der Waals surface area contributed by atoms with E-state index in [-0.39, 0.29) is 24.9 Å². The second-order valence-electron chi connectivity index (χ2n) is 5.18. The van der Waals surface area contributed by atoms with Gasteiger partial charge < -0.3 is 15.7 Å². The first-order valence-electron chi connectivity index (χ1n) is 7.81. The van der Waals surface area contributed by atoms with Crippen molar-refractivity contribution in [2.75, 3.05) is 13.1 Å². The minimum atomic E-state index is -0.722.